The van der Waals surface area contributed by atoms with Gasteiger partial charge in [0.1, 0.15) is 5.75 Å². The fourth-order valence-electron chi connectivity index (χ4n) is 5.04. The molecule has 0 saturated carbocycles. The number of hydrogen-bond donors (Lipinski definition) is 3. The minimum Gasteiger partial charge on any atom is -0.508 e. The minimum atomic E-state index is -1.89. The van der Waals surface area contributed by atoms with Crippen molar-refractivity contribution in [1.82, 2.24) is 19.5 Å². The molecule has 1 aliphatic rings. The normalized spacial score (nSPS) is 15.2. The lowest BCUT2D eigenvalue weighted by molar-refractivity contribution is 0.273. The average Bonchev–Trinajstić information content (AvgIpc) is 3.40. The first kappa shape index (κ1) is 30.8. The van der Waals surface area contributed by atoms with Crippen LogP contribution in [0.4, 0.5) is 17.5 Å². The quantitative estimate of drug-likeness (QED) is 0.206. The van der Waals surface area contributed by atoms with Crippen LogP contribution in [0.15, 0.2) is 60.9 Å². The summed E-state index contributed by atoms with van der Waals surface area (Å²) in [7, 11) is -1.89. The number of piperazine rings is 1. The van der Waals surface area contributed by atoms with Crippen molar-refractivity contribution in [2.24, 2.45) is 0 Å². The van der Waals surface area contributed by atoms with Crippen molar-refractivity contribution in [3.63, 3.8) is 0 Å². The topological polar surface area (TPSA) is 112 Å². The Labute approximate surface area is 255 Å². The highest BCUT2D eigenvalue weighted by Gasteiger charge is 2.37. The second-order valence-electron chi connectivity index (χ2n) is 12.8. The number of nitrogens with zero attached hydrogens (tertiary/aromatic N) is 6. The third-order valence-electron chi connectivity index (χ3n) is 8.72. The Hall–Kier alpha value is -3.67. The first-order chi connectivity index (χ1) is 20.5. The van der Waals surface area contributed by atoms with Crippen LogP contribution in [0.1, 0.15) is 26.3 Å². The predicted octanol–water partition coefficient (Wildman–Crippen LogP) is 4.90. The van der Waals surface area contributed by atoms with Gasteiger partial charge in [-0.25, -0.2) is 4.98 Å². The van der Waals surface area contributed by atoms with Crippen molar-refractivity contribution in [1.29, 1.82) is 0 Å². The summed E-state index contributed by atoms with van der Waals surface area (Å²) in [6.45, 7) is 15.6. The zero-order chi connectivity index (χ0) is 30.6. The summed E-state index contributed by atoms with van der Waals surface area (Å²) in [4.78, 5) is 19.2. The molecule has 11 heteroatoms. The number of aromatic hydroxyl groups is 1. The lowest BCUT2D eigenvalue weighted by atomic mass is 10.1. The van der Waals surface area contributed by atoms with Gasteiger partial charge in [0.05, 0.1) is 25.6 Å². The monoisotopic (exact) mass is 603 g/mol. The van der Waals surface area contributed by atoms with Gasteiger partial charge in [-0.2, -0.15) is 9.97 Å². The molecule has 0 amide bonds. The van der Waals surface area contributed by atoms with Crippen LogP contribution in [-0.4, -0.2) is 83.5 Å². The van der Waals surface area contributed by atoms with Gasteiger partial charge < -0.3 is 34.3 Å². The molecule has 230 valence electrons. The molecule has 0 aliphatic carbocycles. The van der Waals surface area contributed by atoms with Crippen molar-refractivity contribution in [2.75, 3.05) is 54.5 Å². The van der Waals surface area contributed by atoms with Crippen LogP contribution in [0.2, 0.25) is 18.1 Å². The molecule has 1 fully saturated rings. The van der Waals surface area contributed by atoms with Gasteiger partial charge in [-0.15, -0.1) is 0 Å². The maximum absolute atomic E-state index is 10.3. The number of benzene rings is 2. The zero-order valence-electron chi connectivity index (χ0n) is 26.0. The van der Waals surface area contributed by atoms with E-state index < -0.39 is 8.32 Å². The summed E-state index contributed by atoms with van der Waals surface area (Å²) in [6, 6.07) is 17.3. The second-order valence-corrected chi connectivity index (χ2v) is 17.6. The molecule has 5 rings (SSSR count). The number of phenolic OH excluding ortho intramolecular Hbond substituents is 1. The van der Waals surface area contributed by atoms with Gasteiger partial charge >= 0.3 is 0 Å². The molecule has 0 bridgehead atoms. The Morgan fingerprint density at radius 3 is 2.28 bits per heavy atom. The molecule has 3 heterocycles. The fourth-order valence-corrected chi connectivity index (χ4v) is 6.07. The molecular formula is C32H45N7O3Si. The summed E-state index contributed by atoms with van der Waals surface area (Å²) < 4.78 is 8.52. The van der Waals surface area contributed by atoms with Crippen molar-refractivity contribution in [3.8, 4) is 5.75 Å². The van der Waals surface area contributed by atoms with Crippen LogP contribution >= 0.6 is 0 Å². The number of phenols is 1. The van der Waals surface area contributed by atoms with Crippen LogP contribution < -0.4 is 15.1 Å². The molecule has 1 atom stereocenters. The summed E-state index contributed by atoms with van der Waals surface area (Å²) in [5.41, 5.74) is 3.66. The highest BCUT2D eigenvalue weighted by atomic mass is 28.4. The van der Waals surface area contributed by atoms with E-state index >= 15 is 0 Å². The highest BCUT2D eigenvalue weighted by molar-refractivity contribution is 6.74. The number of aliphatic hydroxyl groups is 1. The lowest BCUT2D eigenvalue weighted by Crippen LogP contribution is -2.47. The number of aromatic nitrogens is 4. The van der Waals surface area contributed by atoms with Gasteiger partial charge in [0, 0.05) is 38.4 Å². The van der Waals surface area contributed by atoms with Crippen molar-refractivity contribution < 1.29 is 14.6 Å². The Morgan fingerprint density at radius 2 is 1.63 bits per heavy atom. The maximum Gasteiger partial charge on any atom is 0.229 e. The fraction of sp³-hybridized carbons (Fsp3) is 0.469. The van der Waals surface area contributed by atoms with Crippen molar-refractivity contribution in [2.45, 2.75) is 57.9 Å². The Kier molecular flexibility index (Phi) is 9.24. The molecule has 1 saturated heterocycles. The third kappa shape index (κ3) is 7.28. The van der Waals surface area contributed by atoms with E-state index in [1.807, 2.05) is 36.7 Å². The molecule has 0 spiro atoms. The molecule has 43 heavy (non-hydrogen) atoms. The summed E-state index contributed by atoms with van der Waals surface area (Å²) in [5, 5.41) is 23.6. The minimum absolute atomic E-state index is 0.0396. The van der Waals surface area contributed by atoms with E-state index in [4.69, 9.17) is 19.4 Å². The van der Waals surface area contributed by atoms with E-state index in [2.05, 4.69) is 65.7 Å². The molecule has 1 aliphatic heterocycles. The zero-order valence-corrected chi connectivity index (χ0v) is 27.0. The molecule has 3 N–H and O–H groups in total. The van der Waals surface area contributed by atoms with Gasteiger partial charge in [-0.1, -0.05) is 51.1 Å². The van der Waals surface area contributed by atoms with Gasteiger partial charge in [0.2, 0.25) is 5.95 Å². The van der Waals surface area contributed by atoms with Crippen molar-refractivity contribution >= 4 is 36.9 Å². The summed E-state index contributed by atoms with van der Waals surface area (Å²) >= 11 is 0. The molecule has 2 aromatic heterocycles. The average molecular weight is 604 g/mol. The van der Waals surface area contributed by atoms with Crippen LogP contribution in [0.25, 0.3) is 11.2 Å². The molecule has 2 aromatic carbocycles. The smallest absolute Gasteiger partial charge is 0.229 e. The Morgan fingerprint density at radius 1 is 0.953 bits per heavy atom. The van der Waals surface area contributed by atoms with Gasteiger partial charge in [0.25, 0.3) is 0 Å². The first-order valence-electron chi connectivity index (χ1n) is 15.1. The highest BCUT2D eigenvalue weighted by Crippen LogP contribution is 2.36. The van der Waals surface area contributed by atoms with E-state index in [0.717, 1.165) is 43.1 Å². The molecular weight excluding hydrogens is 558 g/mol. The standard InChI is InChI=1S/C32H45N7O3Si/c1-32(2,3)43(4,5)42-20-19-39-23-33-28-29(34-25(22-40)21-24-9-7-6-8-10-24)35-31(36-30(28)39)38-17-15-37(16-18-38)26-11-13-27(41)14-12-26/h6-14,23,25,40-41H,15-22H2,1-5H3,(H,34,35,36)/t25-/m1/s1. The number of imidazole rings is 1. The Bertz CT molecular complexity index is 1480. The third-order valence-corrected chi connectivity index (χ3v) is 13.3. The molecule has 10 nitrogen and oxygen atoms in total. The van der Waals surface area contributed by atoms with Crippen molar-refractivity contribution in [3.05, 3.63) is 66.5 Å². The van der Waals surface area contributed by atoms with Crippen LogP contribution in [-0.2, 0) is 17.4 Å². The number of hydrogen-bond acceptors (Lipinski definition) is 9. The van der Waals surface area contributed by atoms with Crippen LogP contribution in [0, 0.1) is 0 Å². The number of aliphatic hydroxyl groups excluding tert-OH is 1. The largest absolute Gasteiger partial charge is 0.508 e. The number of anilines is 3. The summed E-state index contributed by atoms with van der Waals surface area (Å²) in [6.07, 6.45) is 2.47. The lowest BCUT2D eigenvalue weighted by Gasteiger charge is -2.36. The second kappa shape index (κ2) is 12.9. The Balaban J connectivity index is 1.40. The number of rotatable bonds is 11. The number of nitrogens with one attached hydrogen (secondary N) is 1. The van der Waals surface area contributed by atoms with Crippen LogP contribution in [0.3, 0.4) is 0 Å². The van der Waals surface area contributed by atoms with Crippen LogP contribution in [0.5, 0.6) is 5.75 Å². The van der Waals surface area contributed by atoms with Gasteiger partial charge in [0.15, 0.2) is 25.3 Å². The van der Waals surface area contributed by atoms with Gasteiger partial charge in [-0.05, 0) is 54.4 Å². The van der Waals surface area contributed by atoms with E-state index in [1.165, 1.54) is 0 Å². The van der Waals surface area contributed by atoms with E-state index in [-0.39, 0.29) is 23.4 Å². The molecule has 0 radical (unpaired) electrons. The van der Waals surface area contributed by atoms with E-state index in [1.54, 1.807) is 12.1 Å². The van der Waals surface area contributed by atoms with E-state index in [9.17, 15) is 10.2 Å². The first-order valence-corrected chi connectivity index (χ1v) is 18.0. The molecule has 4 aromatic rings. The number of fused-ring (bicyclic) bond motifs is 1. The predicted molar refractivity (Wildman–Crippen MR) is 176 cm³/mol. The SMILES string of the molecule is CC(C)(C)[Si](C)(C)OCCn1cnc2c(N[C@@H](CO)Cc3ccccc3)nc(N3CCN(c4ccc(O)cc4)CC3)nc21. The van der Waals surface area contributed by atoms with E-state index in [0.29, 0.717) is 36.9 Å². The maximum atomic E-state index is 10.3. The molecule has 0 unspecified atom stereocenters. The van der Waals surface area contributed by atoms with Gasteiger partial charge in [-0.3, -0.25) is 0 Å². The summed E-state index contributed by atoms with van der Waals surface area (Å²) in [5.74, 6) is 1.53.